The van der Waals surface area contributed by atoms with E-state index in [2.05, 4.69) is 22.9 Å². The zero-order valence-corrected chi connectivity index (χ0v) is 16.1. The number of amides is 2. The van der Waals surface area contributed by atoms with Crippen LogP contribution in [0.4, 0.5) is 5.69 Å². The van der Waals surface area contributed by atoms with E-state index in [9.17, 15) is 9.59 Å². The molecule has 2 fully saturated rings. The third-order valence-corrected chi connectivity index (χ3v) is 5.86. The van der Waals surface area contributed by atoms with Crippen molar-refractivity contribution in [2.45, 2.75) is 26.2 Å². The van der Waals surface area contributed by atoms with Gasteiger partial charge in [0.2, 0.25) is 11.8 Å². The fourth-order valence-corrected chi connectivity index (χ4v) is 4.21. The summed E-state index contributed by atoms with van der Waals surface area (Å²) in [6.07, 6.45) is 2.65. The lowest BCUT2D eigenvalue weighted by Gasteiger charge is -2.25. The Labute approximate surface area is 161 Å². The molecule has 1 aliphatic carbocycles. The molecule has 0 N–H and O–H groups in total. The van der Waals surface area contributed by atoms with Crippen molar-refractivity contribution < 1.29 is 14.3 Å². The van der Waals surface area contributed by atoms with Crippen molar-refractivity contribution >= 4 is 33.4 Å². The van der Waals surface area contributed by atoms with Crippen LogP contribution >= 0.6 is 15.9 Å². The molecule has 26 heavy (non-hydrogen) atoms. The molecule has 2 amide bonds. The Bertz CT molecular complexity index is 831. The fraction of sp³-hybridized carbons (Fsp3) is 0.333. The Morgan fingerprint density at radius 1 is 0.885 bits per heavy atom. The van der Waals surface area contributed by atoms with Gasteiger partial charge in [0.25, 0.3) is 0 Å². The molecule has 3 atom stereocenters. The predicted molar refractivity (Wildman–Crippen MR) is 103 cm³/mol. The van der Waals surface area contributed by atoms with E-state index in [0.29, 0.717) is 17.4 Å². The van der Waals surface area contributed by atoms with E-state index in [-0.39, 0.29) is 23.7 Å². The molecule has 3 unspecified atom stereocenters. The van der Waals surface area contributed by atoms with Crippen LogP contribution in [0.25, 0.3) is 0 Å². The molecule has 1 aliphatic heterocycles. The van der Waals surface area contributed by atoms with Crippen LogP contribution in [0.15, 0.2) is 53.0 Å². The number of halogens is 1. The summed E-state index contributed by atoms with van der Waals surface area (Å²) >= 11 is 3.39. The van der Waals surface area contributed by atoms with E-state index in [0.717, 1.165) is 29.5 Å². The highest BCUT2D eigenvalue weighted by molar-refractivity contribution is 9.10. The summed E-state index contributed by atoms with van der Waals surface area (Å²) in [5, 5.41) is 0. The molecule has 0 spiro atoms. The maximum Gasteiger partial charge on any atom is 0.237 e. The molecule has 4 rings (SSSR count). The topological polar surface area (TPSA) is 46.6 Å². The van der Waals surface area contributed by atoms with E-state index in [1.54, 1.807) is 24.3 Å². The van der Waals surface area contributed by atoms with Gasteiger partial charge >= 0.3 is 0 Å². The fourth-order valence-electron chi connectivity index (χ4n) is 3.95. The molecule has 5 heteroatoms. The van der Waals surface area contributed by atoms with E-state index in [1.807, 2.05) is 24.3 Å². The number of anilines is 1. The summed E-state index contributed by atoms with van der Waals surface area (Å²) in [4.78, 5) is 26.9. The van der Waals surface area contributed by atoms with Crippen molar-refractivity contribution in [1.29, 1.82) is 0 Å². The minimum atomic E-state index is -0.148. The molecule has 0 aromatic heterocycles. The van der Waals surface area contributed by atoms with Crippen molar-refractivity contribution in [2.75, 3.05) is 4.90 Å². The summed E-state index contributed by atoms with van der Waals surface area (Å²) < 4.78 is 6.79. The van der Waals surface area contributed by atoms with Crippen molar-refractivity contribution in [3.8, 4) is 11.5 Å². The quantitative estimate of drug-likeness (QED) is 0.652. The lowest BCUT2D eigenvalue weighted by molar-refractivity contribution is -0.122. The number of benzene rings is 2. The number of carbonyl (C=O) groups is 2. The molecule has 1 heterocycles. The Morgan fingerprint density at radius 2 is 1.46 bits per heavy atom. The van der Waals surface area contributed by atoms with Gasteiger partial charge in [0, 0.05) is 4.47 Å². The van der Waals surface area contributed by atoms with Crippen LogP contribution in [0, 0.1) is 17.8 Å². The van der Waals surface area contributed by atoms with Gasteiger partial charge in [0.1, 0.15) is 11.5 Å². The van der Waals surface area contributed by atoms with E-state index in [4.69, 9.17) is 4.74 Å². The summed E-state index contributed by atoms with van der Waals surface area (Å²) in [7, 11) is 0. The predicted octanol–water partition coefficient (Wildman–Crippen LogP) is 5.17. The number of rotatable bonds is 3. The Balaban J connectivity index is 1.52. The summed E-state index contributed by atoms with van der Waals surface area (Å²) in [6, 6.07) is 14.7. The monoisotopic (exact) mass is 413 g/mol. The zero-order chi connectivity index (χ0) is 18.3. The molecular formula is C21H20BrNO3. The van der Waals surface area contributed by atoms with Crippen molar-refractivity contribution in [3.63, 3.8) is 0 Å². The average molecular weight is 414 g/mol. The molecule has 1 saturated carbocycles. The van der Waals surface area contributed by atoms with Crippen LogP contribution in [-0.4, -0.2) is 11.8 Å². The minimum Gasteiger partial charge on any atom is -0.457 e. The smallest absolute Gasteiger partial charge is 0.237 e. The first-order valence-electron chi connectivity index (χ1n) is 8.94. The van der Waals surface area contributed by atoms with Crippen LogP contribution in [0.2, 0.25) is 0 Å². The average Bonchev–Trinajstić information content (AvgIpc) is 2.88. The first kappa shape index (κ1) is 17.3. The van der Waals surface area contributed by atoms with E-state index < -0.39 is 0 Å². The van der Waals surface area contributed by atoms with Gasteiger partial charge in [-0.1, -0.05) is 22.9 Å². The van der Waals surface area contributed by atoms with Gasteiger partial charge in [-0.2, -0.15) is 0 Å². The van der Waals surface area contributed by atoms with E-state index >= 15 is 0 Å². The lowest BCUT2D eigenvalue weighted by Crippen LogP contribution is -2.30. The summed E-state index contributed by atoms with van der Waals surface area (Å²) in [5.41, 5.74) is 0.630. The molecule has 4 nitrogen and oxygen atoms in total. The van der Waals surface area contributed by atoms with Crippen LogP contribution < -0.4 is 9.64 Å². The Hall–Kier alpha value is -2.14. The highest BCUT2D eigenvalue weighted by Gasteiger charge is 2.49. The standard InChI is InChI=1S/C21H20BrNO3/c1-13-2-11-18-19(12-13)21(25)23(20(18)24)15-5-9-17(10-6-15)26-16-7-3-14(22)4-8-16/h3-10,13,18-19H,2,11-12H2,1H3. The number of nitrogens with zero attached hydrogens (tertiary/aromatic N) is 1. The Morgan fingerprint density at radius 3 is 2.12 bits per heavy atom. The molecule has 2 aliphatic rings. The molecule has 0 radical (unpaired) electrons. The zero-order valence-electron chi connectivity index (χ0n) is 14.5. The highest BCUT2D eigenvalue weighted by Crippen LogP contribution is 2.42. The highest BCUT2D eigenvalue weighted by atomic mass is 79.9. The van der Waals surface area contributed by atoms with Gasteiger partial charge in [-0.3, -0.25) is 14.5 Å². The maximum absolute atomic E-state index is 12.8. The lowest BCUT2D eigenvalue weighted by atomic mass is 9.76. The second-order valence-electron chi connectivity index (χ2n) is 7.19. The second kappa shape index (κ2) is 6.88. The number of fused-ring (bicyclic) bond motifs is 1. The molecule has 2 aromatic rings. The molecule has 0 bridgehead atoms. The van der Waals surface area contributed by atoms with Gasteiger partial charge in [-0.05, 0) is 73.7 Å². The molecular weight excluding hydrogens is 394 g/mol. The number of ether oxygens (including phenoxy) is 1. The first-order valence-corrected chi connectivity index (χ1v) is 9.73. The third-order valence-electron chi connectivity index (χ3n) is 5.33. The largest absolute Gasteiger partial charge is 0.457 e. The molecule has 2 aromatic carbocycles. The summed E-state index contributed by atoms with van der Waals surface area (Å²) in [6.45, 7) is 2.16. The number of hydrogen-bond acceptors (Lipinski definition) is 3. The third kappa shape index (κ3) is 3.16. The normalized spacial score (nSPS) is 25.3. The number of carbonyl (C=O) groups excluding carboxylic acids is 2. The van der Waals surface area contributed by atoms with Crippen molar-refractivity contribution in [3.05, 3.63) is 53.0 Å². The second-order valence-corrected chi connectivity index (χ2v) is 8.11. The van der Waals surface area contributed by atoms with Gasteiger partial charge in [0.15, 0.2) is 0 Å². The van der Waals surface area contributed by atoms with E-state index in [1.165, 1.54) is 4.90 Å². The SMILES string of the molecule is CC1CCC2C(=O)N(c3ccc(Oc4ccc(Br)cc4)cc3)C(=O)C2C1. The van der Waals surface area contributed by atoms with Gasteiger partial charge in [0.05, 0.1) is 17.5 Å². The maximum atomic E-state index is 12.8. The minimum absolute atomic E-state index is 0.0477. The Kier molecular flexibility index (Phi) is 4.57. The number of imide groups is 1. The van der Waals surface area contributed by atoms with Gasteiger partial charge < -0.3 is 4.74 Å². The van der Waals surface area contributed by atoms with Crippen LogP contribution in [0.5, 0.6) is 11.5 Å². The van der Waals surface area contributed by atoms with Crippen LogP contribution in [-0.2, 0) is 9.59 Å². The summed E-state index contributed by atoms with van der Waals surface area (Å²) in [5.74, 6) is 1.52. The molecule has 1 saturated heterocycles. The number of hydrogen-bond donors (Lipinski definition) is 0. The first-order chi connectivity index (χ1) is 12.5. The van der Waals surface area contributed by atoms with Crippen molar-refractivity contribution in [1.82, 2.24) is 0 Å². The molecule has 134 valence electrons. The van der Waals surface area contributed by atoms with Crippen molar-refractivity contribution in [2.24, 2.45) is 17.8 Å². The van der Waals surface area contributed by atoms with Gasteiger partial charge in [-0.15, -0.1) is 0 Å². The van der Waals surface area contributed by atoms with Crippen LogP contribution in [0.1, 0.15) is 26.2 Å². The van der Waals surface area contributed by atoms with Crippen LogP contribution in [0.3, 0.4) is 0 Å². The van der Waals surface area contributed by atoms with Gasteiger partial charge in [-0.25, -0.2) is 0 Å².